The van der Waals surface area contributed by atoms with Crippen LogP contribution in [0, 0.1) is 0 Å². The highest BCUT2D eigenvalue weighted by Crippen LogP contribution is 2.21. The summed E-state index contributed by atoms with van der Waals surface area (Å²) < 4.78 is 0. The molecule has 0 aliphatic carbocycles. The topological polar surface area (TPSA) is 24.9 Å². The van der Waals surface area contributed by atoms with Crippen molar-refractivity contribution in [2.75, 3.05) is 6.54 Å². The number of thiazole rings is 1. The van der Waals surface area contributed by atoms with Gasteiger partial charge in [-0.3, -0.25) is 0 Å². The van der Waals surface area contributed by atoms with Gasteiger partial charge in [0.2, 0.25) is 0 Å². The van der Waals surface area contributed by atoms with Gasteiger partial charge in [0, 0.05) is 23.4 Å². The first-order valence-electron chi connectivity index (χ1n) is 4.98. The molecule has 1 rings (SSSR count). The fourth-order valence-corrected chi connectivity index (χ4v) is 2.66. The van der Waals surface area contributed by atoms with Gasteiger partial charge in [-0.1, -0.05) is 20.8 Å². The second-order valence-electron chi connectivity index (χ2n) is 3.36. The maximum Gasteiger partial charge on any atom is 0.103 e. The highest BCUT2D eigenvalue weighted by Gasteiger charge is 2.02. The Balaban J connectivity index is 2.35. The molecule has 0 aliphatic rings. The molecule has 0 fully saturated rings. The summed E-state index contributed by atoms with van der Waals surface area (Å²) in [5.41, 5.74) is 0. The molecule has 0 unspecified atom stereocenters. The highest BCUT2D eigenvalue weighted by molar-refractivity contribution is 7.99. The lowest BCUT2D eigenvalue weighted by Crippen LogP contribution is -2.10. The minimum absolute atomic E-state index is 0.691. The summed E-state index contributed by atoms with van der Waals surface area (Å²) in [4.78, 5) is 5.74. The number of thioether (sulfide) groups is 1. The largest absolute Gasteiger partial charge is 0.312 e. The quantitative estimate of drug-likeness (QED) is 0.813. The molecule has 1 heterocycles. The molecule has 0 aromatic carbocycles. The van der Waals surface area contributed by atoms with E-state index in [1.807, 2.05) is 29.3 Å². The van der Waals surface area contributed by atoms with Crippen molar-refractivity contribution in [1.29, 1.82) is 0 Å². The summed E-state index contributed by atoms with van der Waals surface area (Å²) in [6.45, 7) is 8.54. The molecule has 0 aliphatic heterocycles. The maximum atomic E-state index is 4.40. The van der Waals surface area contributed by atoms with Crippen molar-refractivity contribution in [3.63, 3.8) is 0 Å². The predicted molar refractivity (Wildman–Crippen MR) is 65.9 cm³/mol. The van der Waals surface area contributed by atoms with E-state index >= 15 is 0 Å². The molecule has 14 heavy (non-hydrogen) atoms. The standard InChI is InChI=1S/C10H18N2S2/c1-4-11-5-9-6-12-10(14-9)7-13-8(2)3/h6,8,11H,4-5,7H2,1-3H3. The first kappa shape index (κ1) is 12.0. The zero-order valence-electron chi connectivity index (χ0n) is 9.04. The zero-order chi connectivity index (χ0) is 10.4. The molecule has 4 heteroatoms. The SMILES string of the molecule is CCNCc1cnc(CSC(C)C)s1. The molecule has 1 aromatic rings. The lowest BCUT2D eigenvalue weighted by atomic mass is 10.5. The second kappa shape index (κ2) is 6.43. The Morgan fingerprint density at radius 1 is 1.57 bits per heavy atom. The Morgan fingerprint density at radius 2 is 2.36 bits per heavy atom. The molecule has 0 amide bonds. The van der Waals surface area contributed by atoms with Gasteiger partial charge in [-0.15, -0.1) is 11.3 Å². The van der Waals surface area contributed by atoms with Crippen LogP contribution in [0.4, 0.5) is 0 Å². The highest BCUT2D eigenvalue weighted by atomic mass is 32.2. The van der Waals surface area contributed by atoms with E-state index in [1.165, 1.54) is 9.88 Å². The maximum absolute atomic E-state index is 4.40. The Hall–Kier alpha value is -0.0600. The fourth-order valence-electron chi connectivity index (χ4n) is 0.983. The van der Waals surface area contributed by atoms with Crippen molar-refractivity contribution in [3.8, 4) is 0 Å². The minimum atomic E-state index is 0.691. The van der Waals surface area contributed by atoms with E-state index in [2.05, 4.69) is 31.1 Å². The minimum Gasteiger partial charge on any atom is -0.312 e. The Bertz CT molecular complexity index is 258. The fraction of sp³-hybridized carbons (Fsp3) is 0.700. The van der Waals surface area contributed by atoms with Crippen molar-refractivity contribution in [2.24, 2.45) is 0 Å². The van der Waals surface area contributed by atoms with Crippen LogP contribution < -0.4 is 5.32 Å². The second-order valence-corrected chi connectivity index (χ2v) is 6.12. The molecular weight excluding hydrogens is 212 g/mol. The van der Waals surface area contributed by atoms with E-state index < -0.39 is 0 Å². The smallest absolute Gasteiger partial charge is 0.103 e. The number of hydrogen-bond donors (Lipinski definition) is 1. The molecule has 80 valence electrons. The summed E-state index contributed by atoms with van der Waals surface area (Å²) in [6, 6.07) is 0. The molecule has 1 aromatic heterocycles. The van der Waals surface area contributed by atoms with Crippen LogP contribution in [0.25, 0.3) is 0 Å². The average Bonchev–Trinajstić information content (AvgIpc) is 2.59. The van der Waals surface area contributed by atoms with Gasteiger partial charge >= 0.3 is 0 Å². The third-order valence-electron chi connectivity index (χ3n) is 1.69. The first-order valence-corrected chi connectivity index (χ1v) is 6.84. The van der Waals surface area contributed by atoms with Gasteiger partial charge in [-0.05, 0) is 11.8 Å². The molecule has 0 saturated carbocycles. The number of rotatable bonds is 6. The molecule has 1 N–H and O–H groups in total. The Morgan fingerprint density at radius 3 is 3.00 bits per heavy atom. The molecule has 2 nitrogen and oxygen atoms in total. The van der Waals surface area contributed by atoms with Crippen LogP contribution in [0.5, 0.6) is 0 Å². The van der Waals surface area contributed by atoms with Gasteiger partial charge in [0.25, 0.3) is 0 Å². The Labute approximate surface area is 94.5 Å². The van der Waals surface area contributed by atoms with Gasteiger partial charge in [0.15, 0.2) is 0 Å². The number of nitrogens with zero attached hydrogens (tertiary/aromatic N) is 1. The summed E-state index contributed by atoms with van der Waals surface area (Å²) >= 11 is 3.77. The summed E-state index contributed by atoms with van der Waals surface area (Å²) in [5, 5.41) is 5.24. The van der Waals surface area contributed by atoms with Gasteiger partial charge in [0.05, 0.1) is 0 Å². The van der Waals surface area contributed by atoms with Gasteiger partial charge in [0.1, 0.15) is 5.01 Å². The van der Waals surface area contributed by atoms with E-state index in [1.54, 1.807) is 0 Å². The lowest BCUT2D eigenvalue weighted by molar-refractivity contribution is 0.734. The Kier molecular flexibility index (Phi) is 5.52. The third-order valence-corrected chi connectivity index (χ3v) is 3.98. The molecule has 0 atom stereocenters. The van der Waals surface area contributed by atoms with E-state index in [0.717, 1.165) is 18.8 Å². The number of aromatic nitrogens is 1. The molecule has 0 spiro atoms. The summed E-state index contributed by atoms with van der Waals surface area (Å²) in [6.07, 6.45) is 1.99. The average molecular weight is 230 g/mol. The molecule has 0 bridgehead atoms. The van der Waals surface area contributed by atoms with E-state index in [9.17, 15) is 0 Å². The van der Waals surface area contributed by atoms with E-state index in [-0.39, 0.29) is 0 Å². The lowest BCUT2D eigenvalue weighted by Gasteiger charge is -2.00. The van der Waals surface area contributed by atoms with Gasteiger partial charge < -0.3 is 5.32 Å². The summed E-state index contributed by atoms with van der Waals surface area (Å²) in [5.74, 6) is 1.05. The van der Waals surface area contributed by atoms with Crippen LogP contribution in [0.3, 0.4) is 0 Å². The van der Waals surface area contributed by atoms with Crippen LogP contribution in [0.1, 0.15) is 30.7 Å². The first-order chi connectivity index (χ1) is 6.72. The van der Waals surface area contributed by atoms with Crippen LogP contribution >= 0.6 is 23.1 Å². The predicted octanol–water partition coefficient (Wildman–Crippen LogP) is 2.89. The van der Waals surface area contributed by atoms with E-state index in [0.29, 0.717) is 5.25 Å². The van der Waals surface area contributed by atoms with Gasteiger partial charge in [-0.25, -0.2) is 4.98 Å². The zero-order valence-corrected chi connectivity index (χ0v) is 10.7. The van der Waals surface area contributed by atoms with Crippen molar-refractivity contribution in [3.05, 3.63) is 16.1 Å². The normalized spacial score (nSPS) is 11.1. The van der Waals surface area contributed by atoms with Crippen LogP contribution in [-0.2, 0) is 12.3 Å². The van der Waals surface area contributed by atoms with Crippen molar-refractivity contribution in [2.45, 2.75) is 38.3 Å². The molecular formula is C10H18N2S2. The third kappa shape index (κ3) is 4.44. The monoisotopic (exact) mass is 230 g/mol. The van der Waals surface area contributed by atoms with Crippen LogP contribution in [0.15, 0.2) is 6.20 Å². The van der Waals surface area contributed by atoms with Crippen molar-refractivity contribution in [1.82, 2.24) is 10.3 Å². The van der Waals surface area contributed by atoms with Crippen molar-refractivity contribution >= 4 is 23.1 Å². The van der Waals surface area contributed by atoms with Gasteiger partial charge in [-0.2, -0.15) is 11.8 Å². The van der Waals surface area contributed by atoms with E-state index in [4.69, 9.17) is 0 Å². The number of hydrogen-bond acceptors (Lipinski definition) is 4. The van der Waals surface area contributed by atoms with Crippen LogP contribution in [0.2, 0.25) is 0 Å². The molecule has 0 saturated heterocycles. The van der Waals surface area contributed by atoms with Crippen LogP contribution in [-0.4, -0.2) is 16.8 Å². The van der Waals surface area contributed by atoms with Crippen molar-refractivity contribution < 1.29 is 0 Å². The summed E-state index contributed by atoms with van der Waals surface area (Å²) in [7, 11) is 0. The number of nitrogens with one attached hydrogen (secondary N) is 1. The molecule has 0 radical (unpaired) electrons.